The molecule has 32 heavy (non-hydrogen) atoms. The van der Waals surface area contributed by atoms with Crippen LogP contribution in [-0.2, 0) is 0 Å². The monoisotopic (exact) mass is 421 g/mol. The number of aromatic nitrogens is 3. The summed E-state index contributed by atoms with van der Waals surface area (Å²) in [6.45, 7) is 0. The van der Waals surface area contributed by atoms with Gasteiger partial charge in [0.2, 0.25) is 5.91 Å². The zero-order valence-electron chi connectivity index (χ0n) is 17.0. The molecule has 4 N–H and O–H groups in total. The molecule has 0 bridgehead atoms. The van der Waals surface area contributed by atoms with Crippen LogP contribution in [0.5, 0.6) is 11.5 Å². The van der Waals surface area contributed by atoms with Gasteiger partial charge in [0.25, 0.3) is 0 Å². The number of hydrogen-bond donors (Lipinski definition) is 2. The van der Waals surface area contributed by atoms with Gasteiger partial charge in [-0.15, -0.1) is 0 Å². The first-order valence-electron chi connectivity index (χ1n) is 9.96. The molecule has 1 amide bonds. The Morgan fingerprint density at radius 1 is 0.844 bits per heavy atom. The Balaban J connectivity index is 1.56. The Labute approximate surface area is 183 Å². The molecule has 7 heteroatoms. The number of amides is 1. The van der Waals surface area contributed by atoms with Gasteiger partial charge in [-0.3, -0.25) is 9.20 Å². The normalized spacial score (nSPS) is 10.9. The highest BCUT2D eigenvalue weighted by atomic mass is 16.5. The van der Waals surface area contributed by atoms with Crippen LogP contribution >= 0.6 is 0 Å². The topological polar surface area (TPSA) is 109 Å². The van der Waals surface area contributed by atoms with E-state index >= 15 is 0 Å². The van der Waals surface area contributed by atoms with Gasteiger partial charge in [0.05, 0.1) is 0 Å². The highest BCUT2D eigenvalue weighted by Crippen LogP contribution is 2.33. The molecule has 0 aliphatic rings. The second kappa shape index (κ2) is 7.88. The summed E-state index contributed by atoms with van der Waals surface area (Å²) < 4.78 is 7.78. The van der Waals surface area contributed by atoms with E-state index in [2.05, 4.69) is 4.98 Å². The van der Waals surface area contributed by atoms with E-state index in [-0.39, 0.29) is 0 Å². The third kappa shape index (κ3) is 3.52. The molecule has 2 heterocycles. The first kappa shape index (κ1) is 19.3. The van der Waals surface area contributed by atoms with E-state index in [0.29, 0.717) is 28.4 Å². The molecule has 0 unspecified atom stereocenters. The quantitative estimate of drug-likeness (QED) is 0.433. The van der Waals surface area contributed by atoms with Crippen molar-refractivity contribution in [3.05, 3.63) is 96.8 Å². The number of carbonyl (C=O) groups excluding carboxylic acids is 1. The van der Waals surface area contributed by atoms with Crippen LogP contribution in [0.3, 0.4) is 0 Å². The number of nitrogens with two attached hydrogens (primary N) is 2. The van der Waals surface area contributed by atoms with Crippen molar-refractivity contribution >= 4 is 17.2 Å². The van der Waals surface area contributed by atoms with Crippen LogP contribution in [0.1, 0.15) is 10.4 Å². The van der Waals surface area contributed by atoms with E-state index in [4.69, 9.17) is 21.2 Å². The van der Waals surface area contributed by atoms with Gasteiger partial charge in [-0.2, -0.15) is 0 Å². The number of fused-ring (bicyclic) bond motifs is 1. The van der Waals surface area contributed by atoms with Crippen molar-refractivity contribution < 1.29 is 9.53 Å². The lowest BCUT2D eigenvalue weighted by Gasteiger charge is -2.06. The third-order valence-corrected chi connectivity index (χ3v) is 5.12. The number of benzene rings is 3. The average Bonchev–Trinajstić information content (AvgIpc) is 3.21. The number of para-hydroxylation sites is 1. The fraction of sp³-hybridized carbons (Fsp3) is 0. The first-order valence-corrected chi connectivity index (χ1v) is 9.96. The SMILES string of the molecule is NC(=O)c1ccc(-c2nc(-c3ccc(Oc4ccccc4)cc3)c3c(N)nccn23)cc1. The lowest BCUT2D eigenvalue weighted by molar-refractivity contribution is 0.100. The van der Waals surface area contributed by atoms with Gasteiger partial charge in [-0.05, 0) is 48.5 Å². The maximum atomic E-state index is 11.4. The van der Waals surface area contributed by atoms with Gasteiger partial charge in [-0.25, -0.2) is 9.97 Å². The second-order valence-corrected chi connectivity index (χ2v) is 7.20. The number of anilines is 1. The van der Waals surface area contributed by atoms with Crippen LogP contribution < -0.4 is 16.2 Å². The number of hydrogen-bond acceptors (Lipinski definition) is 5. The first-order chi connectivity index (χ1) is 15.6. The molecular weight excluding hydrogens is 402 g/mol. The van der Waals surface area contributed by atoms with E-state index in [1.54, 1.807) is 18.3 Å². The van der Waals surface area contributed by atoms with E-state index in [9.17, 15) is 4.79 Å². The minimum absolute atomic E-state index is 0.375. The fourth-order valence-corrected chi connectivity index (χ4v) is 3.56. The van der Waals surface area contributed by atoms with Crippen LogP contribution in [0.15, 0.2) is 91.3 Å². The number of nitrogen functional groups attached to an aromatic ring is 1. The van der Waals surface area contributed by atoms with Gasteiger partial charge in [0.1, 0.15) is 34.4 Å². The van der Waals surface area contributed by atoms with Gasteiger partial charge in [0.15, 0.2) is 0 Å². The van der Waals surface area contributed by atoms with E-state index < -0.39 is 5.91 Å². The molecule has 0 spiro atoms. The summed E-state index contributed by atoms with van der Waals surface area (Å²) in [4.78, 5) is 20.5. The molecule has 0 aliphatic heterocycles. The summed E-state index contributed by atoms with van der Waals surface area (Å²) in [6, 6.07) is 24.2. The lowest BCUT2D eigenvalue weighted by atomic mass is 10.1. The predicted molar refractivity (Wildman–Crippen MR) is 123 cm³/mol. The minimum atomic E-state index is -0.475. The Hall–Kier alpha value is -4.65. The Kier molecular flexibility index (Phi) is 4.76. The minimum Gasteiger partial charge on any atom is -0.457 e. The molecule has 5 aromatic rings. The summed E-state index contributed by atoms with van der Waals surface area (Å²) in [5.74, 6) is 2.07. The van der Waals surface area contributed by atoms with Crippen LogP contribution in [0.25, 0.3) is 28.2 Å². The number of carbonyl (C=O) groups is 1. The molecule has 0 saturated carbocycles. The smallest absolute Gasteiger partial charge is 0.248 e. The van der Waals surface area contributed by atoms with Crippen molar-refractivity contribution in [1.82, 2.24) is 14.4 Å². The van der Waals surface area contributed by atoms with Crippen molar-refractivity contribution in [2.45, 2.75) is 0 Å². The van der Waals surface area contributed by atoms with Crippen LogP contribution in [0, 0.1) is 0 Å². The molecule has 3 aromatic carbocycles. The summed E-state index contributed by atoms with van der Waals surface area (Å²) in [5.41, 5.74) is 15.1. The molecule has 2 aromatic heterocycles. The number of ether oxygens (including phenoxy) is 1. The average molecular weight is 421 g/mol. The largest absolute Gasteiger partial charge is 0.457 e. The third-order valence-electron chi connectivity index (χ3n) is 5.12. The van der Waals surface area contributed by atoms with E-state index in [1.165, 1.54) is 0 Å². The molecule has 156 valence electrons. The molecule has 0 fully saturated rings. The summed E-state index contributed by atoms with van der Waals surface area (Å²) in [5, 5.41) is 0. The molecule has 0 atom stereocenters. The highest BCUT2D eigenvalue weighted by Gasteiger charge is 2.17. The Morgan fingerprint density at radius 3 is 2.19 bits per heavy atom. The Bertz CT molecular complexity index is 1410. The van der Waals surface area contributed by atoms with Crippen LogP contribution in [0.4, 0.5) is 5.82 Å². The van der Waals surface area contributed by atoms with Crippen LogP contribution in [0.2, 0.25) is 0 Å². The second-order valence-electron chi connectivity index (χ2n) is 7.20. The number of imidazole rings is 1. The molecular formula is C25H19N5O2. The maximum absolute atomic E-state index is 11.4. The summed E-state index contributed by atoms with van der Waals surface area (Å²) >= 11 is 0. The molecule has 0 aliphatic carbocycles. The fourth-order valence-electron chi connectivity index (χ4n) is 3.56. The van der Waals surface area contributed by atoms with Gasteiger partial charge >= 0.3 is 0 Å². The highest BCUT2D eigenvalue weighted by molar-refractivity contribution is 5.93. The summed E-state index contributed by atoms with van der Waals surface area (Å²) in [7, 11) is 0. The molecule has 0 saturated heterocycles. The van der Waals surface area contributed by atoms with Crippen molar-refractivity contribution in [2.75, 3.05) is 5.73 Å². The molecule has 7 nitrogen and oxygen atoms in total. The Morgan fingerprint density at radius 2 is 1.50 bits per heavy atom. The van der Waals surface area contributed by atoms with Gasteiger partial charge in [-0.1, -0.05) is 30.3 Å². The number of nitrogens with zero attached hydrogens (tertiary/aromatic N) is 3. The predicted octanol–water partition coefficient (Wildman–Crippen LogP) is 4.54. The van der Waals surface area contributed by atoms with E-state index in [1.807, 2.05) is 77.3 Å². The lowest BCUT2D eigenvalue weighted by Crippen LogP contribution is -2.10. The summed E-state index contributed by atoms with van der Waals surface area (Å²) in [6.07, 6.45) is 3.44. The van der Waals surface area contributed by atoms with Crippen molar-refractivity contribution in [1.29, 1.82) is 0 Å². The zero-order valence-corrected chi connectivity index (χ0v) is 17.0. The van der Waals surface area contributed by atoms with Crippen LogP contribution in [-0.4, -0.2) is 20.3 Å². The molecule has 5 rings (SSSR count). The van der Waals surface area contributed by atoms with Crippen molar-refractivity contribution in [3.8, 4) is 34.1 Å². The number of rotatable bonds is 5. The number of primary amides is 1. The van der Waals surface area contributed by atoms with Gasteiger partial charge < -0.3 is 16.2 Å². The molecule has 0 radical (unpaired) electrons. The van der Waals surface area contributed by atoms with E-state index in [0.717, 1.165) is 22.6 Å². The van der Waals surface area contributed by atoms with Gasteiger partial charge in [0, 0.05) is 29.1 Å². The van der Waals surface area contributed by atoms with Crippen molar-refractivity contribution in [2.24, 2.45) is 5.73 Å². The standard InChI is InChI=1S/C25H19N5O2/c26-23-22-21(16-10-12-20(13-11-16)32-19-4-2-1-3-5-19)29-25(30(22)15-14-28-23)18-8-6-17(7-9-18)24(27)31/h1-15H,(H2,26,28)(H2,27,31). The zero-order chi connectivity index (χ0) is 22.1. The maximum Gasteiger partial charge on any atom is 0.248 e. The van der Waals surface area contributed by atoms with Crippen molar-refractivity contribution in [3.63, 3.8) is 0 Å².